The average Bonchev–Trinajstić information content (AvgIpc) is 3.63. The molecule has 3 heterocycles. The van der Waals surface area contributed by atoms with Crippen molar-refractivity contribution in [1.82, 2.24) is 29.5 Å². The fourth-order valence-corrected chi connectivity index (χ4v) is 4.46. The maximum Gasteiger partial charge on any atom is 0.435 e. The molecule has 4 aromatic rings. The van der Waals surface area contributed by atoms with E-state index in [0.717, 1.165) is 10.2 Å². The lowest BCUT2D eigenvalue weighted by Crippen LogP contribution is -2.28. The molecule has 1 aromatic carbocycles. The number of rotatable bonds is 13. The minimum Gasteiger partial charge on any atom is -0.483 e. The number of imidazole rings is 1. The summed E-state index contributed by atoms with van der Waals surface area (Å²) in [4.78, 5) is 29.7. The van der Waals surface area contributed by atoms with Gasteiger partial charge in [-0.3, -0.25) is 18.7 Å². The number of anilines is 2. The number of halogens is 4. The second kappa shape index (κ2) is 16.0. The summed E-state index contributed by atoms with van der Waals surface area (Å²) in [6.45, 7) is 2.72. The van der Waals surface area contributed by atoms with Gasteiger partial charge in [-0.25, -0.2) is 9.97 Å². The van der Waals surface area contributed by atoms with Gasteiger partial charge in [-0.05, 0) is 30.2 Å². The minimum absolute atomic E-state index is 0.122. The summed E-state index contributed by atoms with van der Waals surface area (Å²) < 4.78 is 49.5. The second-order valence-electron chi connectivity index (χ2n) is 9.09. The van der Waals surface area contributed by atoms with Crippen molar-refractivity contribution in [1.29, 1.82) is 0 Å². The normalized spacial score (nSPS) is 12.0. The molecule has 1 atom stereocenters. The largest absolute Gasteiger partial charge is 0.483 e. The first kappa shape index (κ1) is 34.2. The van der Waals surface area contributed by atoms with Gasteiger partial charge >= 0.3 is 6.18 Å². The van der Waals surface area contributed by atoms with Crippen molar-refractivity contribution in [2.75, 3.05) is 44.1 Å². The van der Waals surface area contributed by atoms with E-state index in [2.05, 4.69) is 25.7 Å². The van der Waals surface area contributed by atoms with Crippen LogP contribution in [0.2, 0.25) is 0 Å². The van der Waals surface area contributed by atoms with E-state index in [0.29, 0.717) is 49.8 Å². The smallest absolute Gasteiger partial charge is 0.435 e. The number of hydrogen-bond donors (Lipinski definition) is 5. The van der Waals surface area contributed by atoms with Crippen LogP contribution in [0, 0.1) is 0 Å². The molecular weight excluding hydrogens is 609 g/mol. The quantitative estimate of drug-likeness (QED) is 0.0827. The Kier molecular flexibility index (Phi) is 12.5. The van der Waals surface area contributed by atoms with E-state index in [1.54, 1.807) is 12.1 Å². The summed E-state index contributed by atoms with van der Waals surface area (Å²) in [6.07, 6.45) is 1.25. The molecule has 17 heteroatoms. The number of benzene rings is 1. The molecule has 44 heavy (non-hydrogen) atoms. The maximum absolute atomic E-state index is 13.9. The van der Waals surface area contributed by atoms with E-state index in [4.69, 9.17) is 32.0 Å². The number of fused-ring (bicyclic) bond motifs is 1. The fourth-order valence-electron chi connectivity index (χ4n) is 4.22. The molecule has 0 saturated carbocycles. The number of nitrogens with zero attached hydrogens (tertiary/aromatic N) is 5. The SMILES string of the molecule is CCc1cc(Nc2nccn3c(-c4cn(C(CO)CCl)nc4C(F)(F)F)cnc23)ccc1C(=O)NCCOCCN.O=CO. The number of aromatic nitrogens is 5. The van der Waals surface area contributed by atoms with Gasteiger partial charge in [-0.2, -0.15) is 18.3 Å². The third kappa shape index (κ3) is 8.22. The summed E-state index contributed by atoms with van der Waals surface area (Å²) in [5.41, 5.74) is 6.36. The van der Waals surface area contributed by atoms with Crippen LogP contribution in [0.25, 0.3) is 16.9 Å². The molecule has 0 aliphatic carbocycles. The minimum atomic E-state index is -4.76. The molecule has 1 unspecified atom stereocenters. The topological polar surface area (TPSA) is 182 Å². The van der Waals surface area contributed by atoms with Gasteiger partial charge in [-0.15, -0.1) is 11.6 Å². The molecule has 0 saturated heterocycles. The zero-order valence-electron chi connectivity index (χ0n) is 23.6. The van der Waals surface area contributed by atoms with Gasteiger partial charge in [0.25, 0.3) is 12.4 Å². The van der Waals surface area contributed by atoms with Gasteiger partial charge in [0, 0.05) is 48.8 Å². The van der Waals surface area contributed by atoms with Crippen LogP contribution in [0.4, 0.5) is 24.7 Å². The Labute approximate surface area is 254 Å². The van der Waals surface area contributed by atoms with E-state index in [1.165, 1.54) is 29.2 Å². The van der Waals surface area contributed by atoms with Crippen molar-refractivity contribution in [3.8, 4) is 11.3 Å². The van der Waals surface area contributed by atoms with Crippen molar-refractivity contribution in [3.63, 3.8) is 0 Å². The molecule has 1 amide bonds. The molecule has 4 rings (SSSR count). The predicted octanol–water partition coefficient (Wildman–Crippen LogP) is 3.10. The first-order valence-corrected chi connectivity index (χ1v) is 13.9. The molecule has 0 aliphatic heterocycles. The van der Waals surface area contributed by atoms with E-state index < -0.39 is 24.5 Å². The highest BCUT2D eigenvalue weighted by Gasteiger charge is 2.39. The Morgan fingerprint density at radius 3 is 2.66 bits per heavy atom. The van der Waals surface area contributed by atoms with Crippen LogP contribution in [0.15, 0.2) is 43.0 Å². The van der Waals surface area contributed by atoms with Crippen LogP contribution in [-0.2, 0) is 22.1 Å². The Morgan fingerprint density at radius 2 is 2.02 bits per heavy atom. The number of carbonyl (C=O) groups excluding carboxylic acids is 1. The van der Waals surface area contributed by atoms with Crippen LogP contribution in [0.5, 0.6) is 0 Å². The van der Waals surface area contributed by atoms with Crippen molar-refractivity contribution >= 4 is 41.1 Å². The van der Waals surface area contributed by atoms with Crippen LogP contribution in [-0.4, -0.2) is 85.5 Å². The number of aliphatic hydroxyl groups excluding tert-OH is 1. The lowest BCUT2D eigenvalue weighted by atomic mass is 10.0. The second-order valence-corrected chi connectivity index (χ2v) is 9.39. The van der Waals surface area contributed by atoms with E-state index in [9.17, 15) is 23.1 Å². The first-order chi connectivity index (χ1) is 21.1. The van der Waals surface area contributed by atoms with Crippen LogP contribution < -0.4 is 16.4 Å². The molecule has 0 radical (unpaired) electrons. The number of nitrogens with two attached hydrogens (primary N) is 1. The van der Waals surface area contributed by atoms with Gasteiger partial charge < -0.3 is 31.3 Å². The van der Waals surface area contributed by atoms with Crippen molar-refractivity contribution in [2.24, 2.45) is 5.73 Å². The zero-order chi connectivity index (χ0) is 32.3. The third-order valence-corrected chi connectivity index (χ3v) is 6.61. The highest BCUT2D eigenvalue weighted by Crippen LogP contribution is 2.37. The molecule has 0 bridgehead atoms. The third-order valence-electron chi connectivity index (χ3n) is 6.26. The number of nitrogens with one attached hydrogen (secondary N) is 2. The lowest BCUT2D eigenvalue weighted by molar-refractivity contribution is -0.141. The summed E-state index contributed by atoms with van der Waals surface area (Å²) in [5.74, 6) is -0.0600. The number of aryl methyl sites for hydroxylation is 1. The van der Waals surface area contributed by atoms with E-state index >= 15 is 0 Å². The summed E-state index contributed by atoms with van der Waals surface area (Å²) in [5, 5.41) is 26.1. The van der Waals surface area contributed by atoms with Crippen molar-refractivity contribution in [2.45, 2.75) is 25.6 Å². The molecule has 6 N–H and O–H groups in total. The highest BCUT2D eigenvalue weighted by molar-refractivity contribution is 6.18. The number of ether oxygens (including phenoxy) is 1. The molecule has 0 aliphatic rings. The predicted molar refractivity (Wildman–Crippen MR) is 156 cm³/mol. The van der Waals surface area contributed by atoms with E-state index in [-0.39, 0.29) is 35.2 Å². The van der Waals surface area contributed by atoms with Crippen LogP contribution in [0.3, 0.4) is 0 Å². The molecule has 13 nitrogen and oxygen atoms in total. The molecule has 0 spiro atoms. The standard InChI is InChI=1S/C26H30ClF3N8O3.CH2O2/c1-2-16-11-17(3-4-19(16)25(40)33-7-10-41-9-5-31)35-23-24-34-13-21(37(24)8-6-32-23)20-14-38(18(12-27)15-39)36-22(20)26(28,29)30;2-1-3/h3-4,6,8,11,13-14,18,39H,2,5,7,9-10,12,15,31H2,1H3,(H,32,35)(H,33,40);1H,(H,2,3). The zero-order valence-corrected chi connectivity index (χ0v) is 24.3. The maximum atomic E-state index is 13.9. The number of carbonyl (C=O) groups is 2. The average molecular weight is 641 g/mol. The molecule has 0 fully saturated rings. The Bertz CT molecular complexity index is 1540. The summed E-state index contributed by atoms with van der Waals surface area (Å²) in [7, 11) is 0. The Balaban J connectivity index is 0.00000169. The highest BCUT2D eigenvalue weighted by atomic mass is 35.5. The number of alkyl halides is 4. The number of amides is 1. The van der Waals surface area contributed by atoms with Crippen molar-refractivity contribution in [3.05, 3.63) is 59.8 Å². The van der Waals surface area contributed by atoms with Gasteiger partial charge in [0.1, 0.15) is 0 Å². The van der Waals surface area contributed by atoms with Crippen LogP contribution >= 0.6 is 11.6 Å². The number of carboxylic acid groups (broad SMARTS) is 1. The monoisotopic (exact) mass is 640 g/mol. The summed E-state index contributed by atoms with van der Waals surface area (Å²) in [6, 6.07) is 4.38. The molecular formula is C27H32ClF3N8O5. The molecule has 3 aromatic heterocycles. The van der Waals surface area contributed by atoms with Gasteiger partial charge in [0.05, 0.1) is 43.3 Å². The number of hydrogen-bond acceptors (Lipinski definition) is 9. The van der Waals surface area contributed by atoms with Crippen LogP contribution in [0.1, 0.15) is 34.6 Å². The van der Waals surface area contributed by atoms with Gasteiger partial charge in [-0.1, -0.05) is 6.92 Å². The van der Waals surface area contributed by atoms with Gasteiger partial charge in [0.15, 0.2) is 17.2 Å². The summed E-state index contributed by atoms with van der Waals surface area (Å²) >= 11 is 5.82. The number of aliphatic hydroxyl groups is 1. The first-order valence-electron chi connectivity index (χ1n) is 13.3. The van der Waals surface area contributed by atoms with Gasteiger partial charge in [0.2, 0.25) is 0 Å². The Hall–Kier alpha value is -4.25. The Morgan fingerprint density at radius 1 is 1.27 bits per heavy atom. The fraction of sp³-hybridized carbons (Fsp3) is 0.370. The molecule has 238 valence electrons. The van der Waals surface area contributed by atoms with Crippen molar-refractivity contribution < 1.29 is 37.7 Å². The van der Waals surface area contributed by atoms with E-state index in [1.807, 2.05) is 13.0 Å². The lowest BCUT2D eigenvalue weighted by Gasteiger charge is -2.13.